The lowest BCUT2D eigenvalue weighted by atomic mass is 9.45. The molecule has 2 N–H and O–H groups in total. The fourth-order valence-corrected chi connectivity index (χ4v) is 7.82. The molecule has 4 aliphatic carbocycles. The molecule has 3 saturated carbocycles. The Morgan fingerprint density at radius 1 is 1.30 bits per heavy atom. The Bertz CT molecular complexity index is 787. The molecule has 27 heavy (non-hydrogen) atoms. The number of fused-ring (bicyclic) bond motifs is 5. The maximum absolute atomic E-state index is 12.5. The van der Waals surface area contributed by atoms with Crippen molar-refractivity contribution in [3.05, 3.63) is 23.8 Å². The zero-order chi connectivity index (χ0) is 20.0. The zero-order valence-electron chi connectivity index (χ0n) is 16.5. The molecule has 148 valence electrons. The number of alkyl halides is 1. The zero-order valence-corrected chi connectivity index (χ0v) is 17.2. The van der Waals surface area contributed by atoms with Gasteiger partial charge in [-0.15, -0.1) is 11.6 Å². The molecule has 0 bridgehead atoms. The third kappa shape index (κ3) is 2.02. The Balaban J connectivity index is 1.85. The Morgan fingerprint density at radius 2 is 1.96 bits per heavy atom. The fourth-order valence-electron chi connectivity index (χ4n) is 7.30. The minimum atomic E-state index is -1.44. The number of allylic oxidation sites excluding steroid dienone is 4. The molecular formula is C22H29ClO4. The van der Waals surface area contributed by atoms with E-state index in [4.69, 9.17) is 11.6 Å². The van der Waals surface area contributed by atoms with Gasteiger partial charge in [0.05, 0.1) is 11.0 Å². The second kappa shape index (κ2) is 5.55. The number of hydrogen-bond acceptors (Lipinski definition) is 4. The number of hydrogen-bond donors (Lipinski definition) is 2. The molecule has 0 aromatic heterocycles. The second-order valence-electron chi connectivity index (χ2n) is 9.72. The largest absolute Gasteiger partial charge is 0.391 e. The van der Waals surface area contributed by atoms with Gasteiger partial charge in [-0.25, -0.2) is 0 Å². The van der Waals surface area contributed by atoms with Crippen molar-refractivity contribution < 1.29 is 19.8 Å². The highest BCUT2D eigenvalue weighted by Gasteiger charge is 2.74. The predicted molar refractivity (Wildman–Crippen MR) is 103 cm³/mol. The van der Waals surface area contributed by atoms with E-state index in [-0.39, 0.29) is 35.7 Å². The van der Waals surface area contributed by atoms with Gasteiger partial charge in [-0.3, -0.25) is 9.59 Å². The summed E-state index contributed by atoms with van der Waals surface area (Å²) in [5, 5.41) is 22.8. The van der Waals surface area contributed by atoms with Crippen molar-refractivity contribution in [1.82, 2.24) is 0 Å². The van der Waals surface area contributed by atoms with Gasteiger partial charge in [-0.05, 0) is 62.5 Å². The van der Waals surface area contributed by atoms with E-state index in [2.05, 4.69) is 0 Å². The minimum Gasteiger partial charge on any atom is -0.391 e. The van der Waals surface area contributed by atoms with Crippen LogP contribution in [0.2, 0.25) is 0 Å². The highest BCUT2D eigenvalue weighted by molar-refractivity contribution is 6.26. The third-order valence-corrected chi connectivity index (χ3v) is 9.68. The number of carbonyl (C=O) groups excluding carboxylic acids is 2. The lowest BCUT2D eigenvalue weighted by molar-refractivity contribution is -0.175. The lowest BCUT2D eigenvalue weighted by Crippen LogP contribution is -2.68. The Kier molecular flexibility index (Phi) is 3.98. The second-order valence-corrected chi connectivity index (χ2v) is 10.3. The molecule has 4 rings (SSSR count). The molecule has 0 amide bonds. The first-order chi connectivity index (χ1) is 12.4. The third-order valence-electron chi connectivity index (χ3n) is 8.76. The number of carbonyl (C=O) groups is 2. The monoisotopic (exact) mass is 392 g/mol. The Morgan fingerprint density at radius 3 is 2.59 bits per heavy atom. The van der Waals surface area contributed by atoms with E-state index in [1.54, 1.807) is 12.2 Å². The quantitative estimate of drug-likeness (QED) is 0.672. The van der Waals surface area contributed by atoms with Gasteiger partial charge < -0.3 is 10.2 Å². The maximum Gasteiger partial charge on any atom is 0.178 e. The van der Waals surface area contributed by atoms with Crippen LogP contribution in [0.4, 0.5) is 0 Å². The highest BCUT2D eigenvalue weighted by atomic mass is 35.5. The first-order valence-electron chi connectivity index (χ1n) is 9.97. The number of aliphatic hydroxyl groups excluding tert-OH is 1. The van der Waals surface area contributed by atoms with Crippen LogP contribution in [0.25, 0.3) is 0 Å². The standard InChI is InChI=1S/C22H29ClO4/c1-12-9-17-16-6-5-14-10-15(25)7-8-19(14,3)21(16,23)18(26)11-20(17,4)22(12,27)13(2)24/h7-8,10,12,16-18,26-27H,5-6,9,11H2,1-4H3/t12-,16-,17-,18-,19-,20+,21-,22+/m0/s1. The number of ketones is 2. The van der Waals surface area contributed by atoms with Crippen molar-refractivity contribution in [3.8, 4) is 0 Å². The van der Waals surface area contributed by atoms with E-state index in [0.29, 0.717) is 0 Å². The molecule has 0 unspecified atom stereocenters. The first kappa shape index (κ1) is 19.4. The molecule has 8 atom stereocenters. The summed E-state index contributed by atoms with van der Waals surface area (Å²) >= 11 is 7.32. The van der Waals surface area contributed by atoms with Crippen molar-refractivity contribution >= 4 is 23.2 Å². The maximum atomic E-state index is 12.5. The van der Waals surface area contributed by atoms with Crippen molar-refractivity contribution in [3.63, 3.8) is 0 Å². The summed E-state index contributed by atoms with van der Waals surface area (Å²) in [4.78, 5) is 23.4. The van der Waals surface area contributed by atoms with Crippen LogP contribution < -0.4 is 0 Å². The summed E-state index contributed by atoms with van der Waals surface area (Å²) in [6.07, 6.45) is 6.71. The molecule has 0 saturated heterocycles. The van der Waals surface area contributed by atoms with Gasteiger partial charge in [0, 0.05) is 10.8 Å². The van der Waals surface area contributed by atoms with Gasteiger partial charge in [0.25, 0.3) is 0 Å². The van der Waals surface area contributed by atoms with Gasteiger partial charge >= 0.3 is 0 Å². The Hall–Kier alpha value is -0.970. The molecule has 0 radical (unpaired) electrons. The summed E-state index contributed by atoms with van der Waals surface area (Å²) in [5.74, 6) is -0.420. The first-order valence-corrected chi connectivity index (χ1v) is 10.4. The molecule has 5 heteroatoms. The van der Waals surface area contributed by atoms with Gasteiger partial charge in [-0.2, -0.15) is 0 Å². The van der Waals surface area contributed by atoms with Crippen LogP contribution in [0.3, 0.4) is 0 Å². The average Bonchev–Trinajstić information content (AvgIpc) is 2.79. The van der Waals surface area contributed by atoms with E-state index >= 15 is 0 Å². The van der Waals surface area contributed by atoms with Crippen molar-refractivity contribution in [1.29, 1.82) is 0 Å². The van der Waals surface area contributed by atoms with E-state index in [1.807, 2.05) is 26.8 Å². The van der Waals surface area contributed by atoms with E-state index in [1.165, 1.54) is 6.92 Å². The van der Waals surface area contributed by atoms with Gasteiger partial charge in [0.15, 0.2) is 11.6 Å². The molecule has 3 fully saturated rings. The molecule has 0 aliphatic heterocycles. The topological polar surface area (TPSA) is 74.6 Å². The molecule has 0 aromatic rings. The summed E-state index contributed by atoms with van der Waals surface area (Å²) < 4.78 is 0. The molecule has 0 heterocycles. The van der Waals surface area contributed by atoms with Crippen LogP contribution in [0.15, 0.2) is 23.8 Å². The SMILES string of the molecule is CC(=O)[C@]1(O)[C@@H](C)C[C@H]2[C@@H]3CCC4=CC(=O)C=C[C@]4(C)[C@@]3(Cl)[C@@H](O)C[C@]21C. The lowest BCUT2D eigenvalue weighted by Gasteiger charge is -2.63. The van der Waals surface area contributed by atoms with Crippen LogP contribution in [0, 0.1) is 28.6 Å². The van der Waals surface area contributed by atoms with Crippen LogP contribution in [0.1, 0.15) is 53.4 Å². The van der Waals surface area contributed by atoms with Crippen LogP contribution in [-0.4, -0.2) is 38.4 Å². The molecular weight excluding hydrogens is 364 g/mol. The predicted octanol–water partition coefficient (Wildman–Crippen LogP) is 3.19. The summed E-state index contributed by atoms with van der Waals surface area (Å²) in [5.41, 5.74) is -1.76. The van der Waals surface area contributed by atoms with Crippen LogP contribution in [0.5, 0.6) is 0 Å². The average molecular weight is 393 g/mol. The van der Waals surface area contributed by atoms with Crippen molar-refractivity contribution in [2.24, 2.45) is 28.6 Å². The van der Waals surface area contributed by atoms with Crippen LogP contribution in [-0.2, 0) is 9.59 Å². The summed E-state index contributed by atoms with van der Waals surface area (Å²) in [6.45, 7) is 7.36. The van der Waals surface area contributed by atoms with Gasteiger partial charge in [-0.1, -0.05) is 32.4 Å². The van der Waals surface area contributed by atoms with Gasteiger partial charge in [0.2, 0.25) is 0 Å². The minimum absolute atomic E-state index is 0.0308. The molecule has 4 nitrogen and oxygen atoms in total. The Labute approximate surface area is 165 Å². The number of rotatable bonds is 1. The summed E-state index contributed by atoms with van der Waals surface area (Å²) in [6, 6.07) is 0. The normalized spacial score (nSPS) is 54.0. The van der Waals surface area contributed by atoms with E-state index in [9.17, 15) is 19.8 Å². The van der Waals surface area contributed by atoms with Crippen molar-refractivity contribution in [2.45, 2.75) is 70.0 Å². The molecule has 0 aromatic carbocycles. The molecule has 0 spiro atoms. The van der Waals surface area contributed by atoms with E-state index < -0.39 is 27.4 Å². The highest BCUT2D eigenvalue weighted by Crippen LogP contribution is 2.71. The summed E-state index contributed by atoms with van der Waals surface area (Å²) in [7, 11) is 0. The number of aliphatic hydroxyl groups is 2. The number of halogens is 1. The number of Topliss-reactive ketones (excluding diaryl/α,β-unsaturated/α-hetero) is 1. The van der Waals surface area contributed by atoms with E-state index in [0.717, 1.165) is 24.8 Å². The molecule has 4 aliphatic rings. The smallest absolute Gasteiger partial charge is 0.178 e. The fraction of sp³-hybridized carbons (Fsp3) is 0.727. The van der Waals surface area contributed by atoms with Crippen LogP contribution >= 0.6 is 11.6 Å². The van der Waals surface area contributed by atoms with Crippen molar-refractivity contribution in [2.75, 3.05) is 0 Å². The van der Waals surface area contributed by atoms with Gasteiger partial charge in [0.1, 0.15) is 5.60 Å².